The number of fused-ring (bicyclic) bond motifs is 2. The van der Waals surface area contributed by atoms with Gasteiger partial charge in [0.15, 0.2) is 11.6 Å². The lowest BCUT2D eigenvalue weighted by molar-refractivity contribution is -0.116. The summed E-state index contributed by atoms with van der Waals surface area (Å²) >= 11 is 0. The molecular weight excluding hydrogens is 416 g/mol. The second-order valence-electron chi connectivity index (χ2n) is 8.04. The zero-order chi connectivity index (χ0) is 22.7. The molecule has 0 amide bonds. The van der Waals surface area contributed by atoms with E-state index in [0.717, 1.165) is 32.7 Å². The molecule has 0 heterocycles. The van der Waals surface area contributed by atoms with Crippen molar-refractivity contribution < 1.29 is 14.3 Å². The van der Waals surface area contributed by atoms with Gasteiger partial charge < -0.3 is 4.74 Å². The Kier molecular flexibility index (Phi) is 6.52. The molecule has 0 aromatic heterocycles. The first kappa shape index (κ1) is 22.0. The summed E-state index contributed by atoms with van der Waals surface area (Å²) in [6, 6.07) is 26.0. The average Bonchev–Trinajstić information content (AvgIpc) is 2.78. The average molecular weight is 443 g/mol. The van der Waals surface area contributed by atoms with E-state index in [9.17, 15) is 9.59 Å². The SMILES string of the molecule is COc1cc2ccccc2cc1CC(=O)C(C(=O)Cc1ccc2ccccc2c1)=S(C)C. The molecule has 0 fully saturated rings. The summed E-state index contributed by atoms with van der Waals surface area (Å²) in [5.41, 5.74) is 1.73. The maximum absolute atomic E-state index is 13.3. The van der Waals surface area contributed by atoms with Gasteiger partial charge >= 0.3 is 0 Å². The number of carbonyl (C=O) groups excluding carboxylic acids is 2. The molecular formula is C28H26O3S. The quantitative estimate of drug-likeness (QED) is 0.275. The van der Waals surface area contributed by atoms with Gasteiger partial charge in [0.2, 0.25) is 0 Å². The maximum Gasteiger partial charge on any atom is 0.176 e. The molecule has 162 valence electrons. The number of ketones is 2. The van der Waals surface area contributed by atoms with Crippen LogP contribution in [0.3, 0.4) is 0 Å². The Hall–Kier alpha value is -3.24. The second kappa shape index (κ2) is 9.49. The van der Waals surface area contributed by atoms with E-state index < -0.39 is 10.5 Å². The van der Waals surface area contributed by atoms with Crippen LogP contribution in [0, 0.1) is 0 Å². The predicted octanol–water partition coefficient (Wildman–Crippen LogP) is 5.63. The normalized spacial score (nSPS) is 11.1. The Morgan fingerprint density at radius 1 is 0.719 bits per heavy atom. The van der Waals surface area contributed by atoms with E-state index in [2.05, 4.69) is 6.07 Å². The number of Topliss-reactive ketones (excluding diaryl/α,β-unsaturated/α-hetero) is 2. The van der Waals surface area contributed by atoms with Crippen molar-refractivity contribution in [2.45, 2.75) is 12.8 Å². The highest BCUT2D eigenvalue weighted by Gasteiger charge is 2.22. The van der Waals surface area contributed by atoms with Crippen LogP contribution >= 0.6 is 10.5 Å². The van der Waals surface area contributed by atoms with Crippen molar-refractivity contribution in [3.63, 3.8) is 0 Å². The largest absolute Gasteiger partial charge is 0.496 e. The van der Waals surface area contributed by atoms with Crippen molar-refractivity contribution >= 4 is 48.5 Å². The summed E-state index contributed by atoms with van der Waals surface area (Å²) in [5.74, 6) is 0.446. The standard InChI is InChI=1S/C28H26O3S/c1-31-27-18-23-11-7-6-10-22(23)16-24(27)17-26(30)28(32(2)3)25(29)15-19-12-13-20-8-4-5-9-21(20)14-19/h4-14,16,18H,15,17H2,1-3H3. The van der Waals surface area contributed by atoms with E-state index >= 15 is 0 Å². The predicted molar refractivity (Wildman–Crippen MR) is 136 cm³/mol. The molecule has 0 unspecified atom stereocenters. The van der Waals surface area contributed by atoms with Crippen LogP contribution in [0.15, 0.2) is 78.9 Å². The summed E-state index contributed by atoms with van der Waals surface area (Å²) in [6.07, 6.45) is 4.25. The van der Waals surface area contributed by atoms with Gasteiger partial charge in [0, 0.05) is 18.4 Å². The fourth-order valence-corrected chi connectivity index (χ4v) is 5.13. The van der Waals surface area contributed by atoms with Gasteiger partial charge in [0.05, 0.1) is 12.0 Å². The molecule has 4 aromatic rings. The number of hydrogen-bond donors (Lipinski definition) is 0. The van der Waals surface area contributed by atoms with Crippen molar-refractivity contribution in [2.24, 2.45) is 0 Å². The van der Waals surface area contributed by atoms with Gasteiger partial charge in [0.1, 0.15) is 5.75 Å². The molecule has 0 spiro atoms. The first-order chi connectivity index (χ1) is 15.5. The summed E-state index contributed by atoms with van der Waals surface area (Å²) in [5, 5.41) is 4.34. The molecule has 0 aliphatic rings. The Labute approximate surface area is 191 Å². The van der Waals surface area contributed by atoms with Gasteiger partial charge in [-0.25, -0.2) is 0 Å². The van der Waals surface area contributed by atoms with E-state index in [4.69, 9.17) is 4.74 Å². The summed E-state index contributed by atoms with van der Waals surface area (Å²) < 4.78 is 5.55. The third-order valence-electron chi connectivity index (χ3n) is 5.59. The van der Waals surface area contributed by atoms with Gasteiger partial charge in [-0.1, -0.05) is 66.7 Å². The Balaban J connectivity index is 1.59. The molecule has 0 saturated carbocycles. The topological polar surface area (TPSA) is 43.4 Å². The molecule has 3 nitrogen and oxygen atoms in total. The number of methoxy groups -OCH3 is 1. The van der Waals surface area contributed by atoms with Crippen LogP contribution in [0.5, 0.6) is 5.75 Å². The smallest absolute Gasteiger partial charge is 0.176 e. The minimum atomic E-state index is -0.447. The molecule has 0 aliphatic heterocycles. The monoisotopic (exact) mass is 442 g/mol. The Bertz CT molecular complexity index is 1360. The van der Waals surface area contributed by atoms with Crippen LogP contribution in [-0.2, 0) is 22.4 Å². The molecule has 0 radical (unpaired) electrons. The minimum Gasteiger partial charge on any atom is -0.496 e. The number of rotatable bonds is 7. The minimum absolute atomic E-state index is 0.0987. The molecule has 0 bridgehead atoms. The molecule has 4 rings (SSSR count). The summed E-state index contributed by atoms with van der Waals surface area (Å²) in [7, 11) is 1.16. The lowest BCUT2D eigenvalue weighted by atomic mass is 9.97. The van der Waals surface area contributed by atoms with E-state index in [1.54, 1.807) is 7.11 Å². The highest BCUT2D eigenvalue weighted by Crippen LogP contribution is 2.27. The first-order valence-electron chi connectivity index (χ1n) is 10.5. The van der Waals surface area contributed by atoms with Crippen molar-refractivity contribution in [1.29, 1.82) is 0 Å². The highest BCUT2D eigenvalue weighted by atomic mass is 32.2. The second-order valence-corrected chi connectivity index (χ2v) is 10.1. The lowest BCUT2D eigenvalue weighted by Crippen LogP contribution is -2.27. The Morgan fingerprint density at radius 2 is 1.28 bits per heavy atom. The first-order valence-corrected chi connectivity index (χ1v) is 12.5. The van der Waals surface area contributed by atoms with E-state index in [1.165, 1.54) is 0 Å². The van der Waals surface area contributed by atoms with E-state index in [1.807, 2.05) is 85.3 Å². The van der Waals surface area contributed by atoms with Crippen molar-refractivity contribution in [2.75, 3.05) is 19.6 Å². The van der Waals surface area contributed by atoms with Crippen LogP contribution in [0.25, 0.3) is 21.5 Å². The third-order valence-corrected chi connectivity index (χ3v) is 6.86. The fourth-order valence-electron chi connectivity index (χ4n) is 4.07. The molecule has 0 aliphatic carbocycles. The van der Waals surface area contributed by atoms with Gasteiger partial charge in [-0.2, -0.15) is 10.5 Å². The lowest BCUT2D eigenvalue weighted by Gasteiger charge is -2.13. The van der Waals surface area contributed by atoms with E-state index in [-0.39, 0.29) is 24.4 Å². The fraction of sp³-hybridized carbons (Fsp3) is 0.179. The molecule has 0 saturated heterocycles. The van der Waals surface area contributed by atoms with Crippen LogP contribution < -0.4 is 4.74 Å². The van der Waals surface area contributed by atoms with Crippen LogP contribution in [0.2, 0.25) is 0 Å². The van der Waals surface area contributed by atoms with Crippen molar-refractivity contribution in [3.05, 3.63) is 90.0 Å². The van der Waals surface area contributed by atoms with Crippen molar-refractivity contribution in [1.82, 2.24) is 0 Å². The van der Waals surface area contributed by atoms with Gasteiger partial charge in [0.25, 0.3) is 0 Å². The number of carbonyl (C=O) groups is 2. The molecule has 0 N–H and O–H groups in total. The third kappa shape index (κ3) is 4.66. The molecule has 4 aromatic carbocycles. The van der Waals surface area contributed by atoms with Gasteiger partial charge in [-0.05, 0) is 51.8 Å². The molecule has 32 heavy (non-hydrogen) atoms. The van der Waals surface area contributed by atoms with E-state index in [0.29, 0.717) is 10.6 Å². The summed E-state index contributed by atoms with van der Waals surface area (Å²) in [4.78, 5) is 26.9. The molecule has 4 heteroatoms. The van der Waals surface area contributed by atoms with Crippen molar-refractivity contribution in [3.8, 4) is 5.75 Å². The highest BCUT2D eigenvalue weighted by molar-refractivity contribution is 8.16. The zero-order valence-electron chi connectivity index (χ0n) is 18.6. The summed E-state index contributed by atoms with van der Waals surface area (Å²) in [6.45, 7) is 0. The zero-order valence-corrected chi connectivity index (χ0v) is 19.4. The number of benzene rings is 4. The molecule has 0 atom stereocenters. The van der Waals surface area contributed by atoms with Crippen LogP contribution in [-0.4, -0.2) is 36.1 Å². The Morgan fingerprint density at radius 3 is 1.91 bits per heavy atom. The number of hydrogen-bond acceptors (Lipinski definition) is 3. The van der Waals surface area contributed by atoms with Crippen LogP contribution in [0.4, 0.5) is 0 Å². The maximum atomic E-state index is 13.3. The van der Waals surface area contributed by atoms with Gasteiger partial charge in [-0.3, -0.25) is 9.59 Å². The van der Waals surface area contributed by atoms with Crippen LogP contribution in [0.1, 0.15) is 11.1 Å². The number of ether oxygens (including phenoxy) is 1. The van der Waals surface area contributed by atoms with Gasteiger partial charge in [-0.15, -0.1) is 0 Å².